The lowest BCUT2D eigenvalue weighted by atomic mass is 9.85. The monoisotopic (exact) mass is 194 g/mol. The maximum absolute atomic E-state index is 10.9. The Morgan fingerprint density at radius 1 is 1.50 bits per heavy atom. The molecule has 0 N–H and O–H groups in total. The molecule has 0 heterocycles. The Kier molecular flexibility index (Phi) is 3.50. The molecule has 0 aromatic heterocycles. The van der Waals surface area contributed by atoms with Crippen LogP contribution in [-0.2, 0) is 9.53 Å². The van der Waals surface area contributed by atoms with Crippen LogP contribution in [0.25, 0.3) is 0 Å². The summed E-state index contributed by atoms with van der Waals surface area (Å²) in [5, 5.41) is 0. The van der Waals surface area contributed by atoms with Crippen molar-refractivity contribution in [2.75, 3.05) is 0 Å². The minimum absolute atomic E-state index is 0.221. The normalized spacial score (nSPS) is 22.1. The molecule has 0 aromatic rings. The molecule has 1 atom stereocenters. The zero-order valence-corrected chi connectivity index (χ0v) is 9.22. The summed E-state index contributed by atoms with van der Waals surface area (Å²) >= 11 is 0. The smallest absolute Gasteiger partial charge is 0.307 e. The average Bonchev–Trinajstić information content (AvgIpc) is 2.07. The zero-order chi connectivity index (χ0) is 10.7. The molecule has 1 rings (SSSR count). The highest BCUT2D eigenvalue weighted by molar-refractivity contribution is 5.67. The van der Waals surface area contributed by atoms with E-state index in [9.17, 15) is 4.79 Å². The molecule has 0 amide bonds. The highest BCUT2D eigenvalue weighted by Crippen LogP contribution is 2.33. The van der Waals surface area contributed by atoms with Crippen molar-refractivity contribution >= 4 is 5.97 Å². The molecule has 78 valence electrons. The van der Waals surface area contributed by atoms with Gasteiger partial charge in [-0.25, -0.2) is 0 Å². The van der Waals surface area contributed by atoms with Crippen LogP contribution in [0.1, 0.15) is 40.0 Å². The summed E-state index contributed by atoms with van der Waals surface area (Å²) in [5.41, 5.74) is 2.39. The van der Waals surface area contributed by atoms with Gasteiger partial charge in [-0.2, -0.15) is 0 Å². The molecule has 1 aliphatic carbocycles. The SMILES string of the molecule is C=C(C)C1CCC(C)=C(OC(C)=O)C1. The molecular weight excluding hydrogens is 176 g/mol. The topological polar surface area (TPSA) is 26.3 Å². The standard InChI is InChI=1S/C12H18O2/c1-8(2)11-6-5-9(3)12(7-11)14-10(4)13/h11H,1,5-7H2,2-4H3. The van der Waals surface area contributed by atoms with Gasteiger partial charge in [-0.05, 0) is 38.2 Å². The van der Waals surface area contributed by atoms with Gasteiger partial charge < -0.3 is 4.74 Å². The maximum Gasteiger partial charge on any atom is 0.307 e. The van der Waals surface area contributed by atoms with Gasteiger partial charge in [0.1, 0.15) is 5.76 Å². The van der Waals surface area contributed by atoms with E-state index in [1.807, 2.05) is 13.8 Å². The van der Waals surface area contributed by atoms with Gasteiger partial charge in [0.15, 0.2) is 0 Å². The van der Waals surface area contributed by atoms with Crippen LogP contribution in [0.2, 0.25) is 0 Å². The van der Waals surface area contributed by atoms with E-state index in [1.54, 1.807) is 0 Å². The van der Waals surface area contributed by atoms with E-state index in [2.05, 4.69) is 6.58 Å². The second-order valence-corrected chi connectivity index (χ2v) is 4.08. The highest BCUT2D eigenvalue weighted by Gasteiger charge is 2.21. The molecule has 0 aromatic carbocycles. The summed E-state index contributed by atoms with van der Waals surface area (Å²) < 4.78 is 5.18. The Morgan fingerprint density at radius 3 is 2.64 bits per heavy atom. The fraction of sp³-hybridized carbons (Fsp3) is 0.583. The fourth-order valence-corrected chi connectivity index (χ4v) is 1.75. The molecular formula is C12H18O2. The number of esters is 1. The van der Waals surface area contributed by atoms with Crippen LogP contribution in [0.4, 0.5) is 0 Å². The van der Waals surface area contributed by atoms with Crippen LogP contribution >= 0.6 is 0 Å². The van der Waals surface area contributed by atoms with Crippen molar-refractivity contribution in [2.24, 2.45) is 5.92 Å². The van der Waals surface area contributed by atoms with E-state index in [1.165, 1.54) is 18.1 Å². The van der Waals surface area contributed by atoms with Gasteiger partial charge in [0, 0.05) is 13.3 Å². The van der Waals surface area contributed by atoms with E-state index >= 15 is 0 Å². The molecule has 1 unspecified atom stereocenters. The molecule has 0 saturated heterocycles. The molecule has 2 heteroatoms. The minimum Gasteiger partial charge on any atom is -0.431 e. The molecule has 0 spiro atoms. The van der Waals surface area contributed by atoms with E-state index < -0.39 is 0 Å². The second kappa shape index (κ2) is 4.45. The van der Waals surface area contributed by atoms with Crippen LogP contribution in [0.3, 0.4) is 0 Å². The highest BCUT2D eigenvalue weighted by atomic mass is 16.5. The quantitative estimate of drug-likeness (QED) is 0.498. The largest absolute Gasteiger partial charge is 0.431 e. The number of ether oxygens (including phenoxy) is 1. The Morgan fingerprint density at radius 2 is 2.14 bits per heavy atom. The number of rotatable bonds is 2. The number of carbonyl (C=O) groups is 1. The van der Waals surface area contributed by atoms with Crippen LogP contribution in [-0.4, -0.2) is 5.97 Å². The van der Waals surface area contributed by atoms with Crippen molar-refractivity contribution in [1.29, 1.82) is 0 Å². The lowest BCUT2D eigenvalue weighted by Crippen LogP contribution is -2.13. The number of hydrogen-bond donors (Lipinski definition) is 0. The van der Waals surface area contributed by atoms with Crippen molar-refractivity contribution < 1.29 is 9.53 Å². The predicted molar refractivity (Wildman–Crippen MR) is 56.6 cm³/mol. The molecule has 2 nitrogen and oxygen atoms in total. The van der Waals surface area contributed by atoms with Gasteiger partial charge in [-0.3, -0.25) is 4.79 Å². The van der Waals surface area contributed by atoms with E-state index in [0.717, 1.165) is 25.0 Å². The molecule has 1 aliphatic rings. The van der Waals surface area contributed by atoms with Crippen molar-refractivity contribution in [3.8, 4) is 0 Å². The third-order valence-corrected chi connectivity index (χ3v) is 2.74. The first-order valence-corrected chi connectivity index (χ1v) is 5.03. The van der Waals surface area contributed by atoms with Gasteiger partial charge in [-0.15, -0.1) is 0 Å². The Labute approximate surface area is 85.6 Å². The molecule has 0 aliphatic heterocycles. The Hall–Kier alpha value is -1.05. The van der Waals surface area contributed by atoms with Crippen LogP contribution in [0.15, 0.2) is 23.5 Å². The predicted octanol–water partition coefficient (Wildman–Crippen LogP) is 3.20. The van der Waals surface area contributed by atoms with Gasteiger partial charge in [0.2, 0.25) is 0 Å². The summed E-state index contributed by atoms with van der Waals surface area (Å²) in [7, 11) is 0. The summed E-state index contributed by atoms with van der Waals surface area (Å²) in [6, 6.07) is 0. The number of carbonyl (C=O) groups excluding carboxylic acids is 1. The van der Waals surface area contributed by atoms with Crippen molar-refractivity contribution in [3.63, 3.8) is 0 Å². The molecule has 0 bridgehead atoms. The second-order valence-electron chi connectivity index (χ2n) is 4.08. The fourth-order valence-electron chi connectivity index (χ4n) is 1.75. The van der Waals surface area contributed by atoms with Gasteiger partial charge >= 0.3 is 5.97 Å². The zero-order valence-electron chi connectivity index (χ0n) is 9.22. The maximum atomic E-state index is 10.9. The first kappa shape index (κ1) is 11.0. The van der Waals surface area contributed by atoms with Gasteiger partial charge in [0.25, 0.3) is 0 Å². The summed E-state index contributed by atoms with van der Waals surface area (Å²) in [4.78, 5) is 10.9. The lowest BCUT2D eigenvalue weighted by Gasteiger charge is -2.25. The third kappa shape index (κ3) is 2.72. The van der Waals surface area contributed by atoms with E-state index in [0.29, 0.717) is 5.92 Å². The lowest BCUT2D eigenvalue weighted by molar-refractivity contribution is -0.137. The Bertz CT molecular complexity index is 287. The van der Waals surface area contributed by atoms with Gasteiger partial charge in [-0.1, -0.05) is 12.2 Å². The van der Waals surface area contributed by atoms with Crippen molar-refractivity contribution in [2.45, 2.75) is 40.0 Å². The van der Waals surface area contributed by atoms with Crippen LogP contribution in [0, 0.1) is 5.92 Å². The molecule has 0 saturated carbocycles. The number of allylic oxidation sites excluding steroid dienone is 3. The van der Waals surface area contributed by atoms with Gasteiger partial charge in [0.05, 0.1) is 0 Å². The first-order chi connectivity index (χ1) is 6.50. The summed E-state index contributed by atoms with van der Waals surface area (Å²) in [5.74, 6) is 1.12. The minimum atomic E-state index is -0.221. The van der Waals surface area contributed by atoms with Crippen molar-refractivity contribution in [1.82, 2.24) is 0 Å². The van der Waals surface area contributed by atoms with E-state index in [4.69, 9.17) is 4.74 Å². The first-order valence-electron chi connectivity index (χ1n) is 5.03. The van der Waals surface area contributed by atoms with Crippen molar-refractivity contribution in [3.05, 3.63) is 23.5 Å². The van der Waals surface area contributed by atoms with Crippen LogP contribution in [0.5, 0.6) is 0 Å². The molecule has 14 heavy (non-hydrogen) atoms. The van der Waals surface area contributed by atoms with Crippen LogP contribution < -0.4 is 0 Å². The Balaban J connectivity index is 2.71. The third-order valence-electron chi connectivity index (χ3n) is 2.74. The molecule has 0 fully saturated rings. The summed E-state index contributed by atoms with van der Waals surface area (Å²) in [6.45, 7) is 9.48. The molecule has 0 radical (unpaired) electrons. The number of hydrogen-bond acceptors (Lipinski definition) is 2. The average molecular weight is 194 g/mol. The van der Waals surface area contributed by atoms with E-state index in [-0.39, 0.29) is 5.97 Å². The summed E-state index contributed by atoms with van der Waals surface area (Å²) in [6.07, 6.45) is 2.98.